The van der Waals surface area contributed by atoms with Crippen LogP contribution >= 0.6 is 0 Å². The van der Waals surface area contributed by atoms with Gasteiger partial charge in [0.05, 0.1) is 24.9 Å². The van der Waals surface area contributed by atoms with E-state index in [1.165, 1.54) is 11.1 Å². The van der Waals surface area contributed by atoms with Crippen molar-refractivity contribution in [3.8, 4) is 0 Å². The number of benzene rings is 2. The van der Waals surface area contributed by atoms with Crippen molar-refractivity contribution in [1.29, 1.82) is 0 Å². The minimum atomic E-state index is -0.116. The SMILES string of the molecule is C[C@H](NC(=O)CN1CCN(C(c2ccccc2)c2ccccc2)CC1)c1ccco1. The first-order chi connectivity index (χ1) is 14.7. The maximum atomic E-state index is 12.5. The highest BCUT2D eigenvalue weighted by Crippen LogP contribution is 2.29. The topological polar surface area (TPSA) is 48.7 Å². The number of carbonyl (C=O) groups is 1. The molecule has 0 radical (unpaired) electrons. The summed E-state index contributed by atoms with van der Waals surface area (Å²) in [5.74, 6) is 0.816. The van der Waals surface area contributed by atoms with Crippen LogP contribution in [0.3, 0.4) is 0 Å². The fraction of sp³-hybridized carbons (Fsp3) is 0.320. The second kappa shape index (κ2) is 9.74. The van der Waals surface area contributed by atoms with Crippen molar-refractivity contribution in [2.24, 2.45) is 0 Å². The minimum absolute atomic E-state index is 0.0371. The molecule has 4 rings (SSSR count). The lowest BCUT2D eigenvalue weighted by molar-refractivity contribution is -0.123. The molecule has 2 heterocycles. The molecule has 0 spiro atoms. The predicted molar refractivity (Wildman–Crippen MR) is 118 cm³/mol. The average Bonchev–Trinajstić information content (AvgIpc) is 3.32. The zero-order chi connectivity index (χ0) is 20.8. The van der Waals surface area contributed by atoms with Crippen LogP contribution in [-0.2, 0) is 4.79 Å². The van der Waals surface area contributed by atoms with Crippen LogP contribution in [0.15, 0.2) is 83.5 Å². The van der Waals surface area contributed by atoms with E-state index in [1.807, 2.05) is 19.1 Å². The van der Waals surface area contributed by atoms with Crippen molar-refractivity contribution in [2.75, 3.05) is 32.7 Å². The molecular formula is C25H29N3O2. The van der Waals surface area contributed by atoms with Crippen LogP contribution in [-0.4, -0.2) is 48.4 Å². The van der Waals surface area contributed by atoms with E-state index in [2.05, 4.69) is 75.8 Å². The Morgan fingerprint density at radius 3 is 2.03 bits per heavy atom. The molecule has 1 aromatic heterocycles. The number of hydrogen-bond donors (Lipinski definition) is 1. The van der Waals surface area contributed by atoms with Gasteiger partial charge in [-0.15, -0.1) is 0 Å². The first-order valence-electron chi connectivity index (χ1n) is 10.6. The summed E-state index contributed by atoms with van der Waals surface area (Å²) in [6, 6.07) is 25.2. The first kappa shape index (κ1) is 20.4. The Morgan fingerprint density at radius 1 is 0.900 bits per heavy atom. The van der Waals surface area contributed by atoms with E-state index in [1.54, 1.807) is 6.26 Å². The number of carbonyl (C=O) groups excluding carboxylic acids is 1. The van der Waals surface area contributed by atoms with Gasteiger partial charge in [0.15, 0.2) is 0 Å². The number of hydrogen-bond acceptors (Lipinski definition) is 4. The minimum Gasteiger partial charge on any atom is -0.467 e. The van der Waals surface area contributed by atoms with Crippen LogP contribution in [0.25, 0.3) is 0 Å². The third kappa shape index (κ3) is 4.99. The zero-order valence-corrected chi connectivity index (χ0v) is 17.4. The van der Waals surface area contributed by atoms with Crippen molar-refractivity contribution in [3.63, 3.8) is 0 Å². The van der Waals surface area contributed by atoms with Crippen molar-refractivity contribution in [1.82, 2.24) is 15.1 Å². The molecule has 1 atom stereocenters. The van der Waals surface area contributed by atoms with Crippen LogP contribution in [0.4, 0.5) is 0 Å². The normalized spacial score (nSPS) is 16.5. The molecule has 0 saturated carbocycles. The van der Waals surface area contributed by atoms with Crippen LogP contribution in [0, 0.1) is 0 Å². The maximum Gasteiger partial charge on any atom is 0.234 e. The summed E-state index contributed by atoms with van der Waals surface area (Å²) >= 11 is 0. The smallest absolute Gasteiger partial charge is 0.234 e. The van der Waals surface area contributed by atoms with Gasteiger partial charge in [0.1, 0.15) is 5.76 Å². The van der Waals surface area contributed by atoms with Gasteiger partial charge in [0.2, 0.25) is 5.91 Å². The Hall–Kier alpha value is -2.89. The van der Waals surface area contributed by atoms with Gasteiger partial charge < -0.3 is 9.73 Å². The van der Waals surface area contributed by atoms with E-state index >= 15 is 0 Å². The fourth-order valence-corrected chi connectivity index (χ4v) is 4.16. The molecule has 156 valence electrons. The Bertz CT molecular complexity index is 865. The quantitative estimate of drug-likeness (QED) is 0.651. The van der Waals surface area contributed by atoms with Crippen LogP contribution in [0.2, 0.25) is 0 Å². The molecule has 0 aliphatic carbocycles. The number of nitrogens with one attached hydrogen (secondary N) is 1. The molecule has 5 nitrogen and oxygen atoms in total. The lowest BCUT2D eigenvalue weighted by Crippen LogP contribution is -2.50. The summed E-state index contributed by atoms with van der Waals surface area (Å²) in [7, 11) is 0. The van der Waals surface area contributed by atoms with E-state index in [0.29, 0.717) is 6.54 Å². The molecule has 1 N–H and O–H groups in total. The largest absolute Gasteiger partial charge is 0.467 e. The molecule has 30 heavy (non-hydrogen) atoms. The van der Waals surface area contributed by atoms with Crippen molar-refractivity contribution >= 4 is 5.91 Å². The second-order valence-electron chi connectivity index (χ2n) is 7.84. The predicted octanol–water partition coefficient (Wildman–Crippen LogP) is 3.86. The lowest BCUT2D eigenvalue weighted by atomic mass is 9.96. The number of rotatable bonds is 7. The summed E-state index contributed by atoms with van der Waals surface area (Å²) in [6.07, 6.45) is 1.63. The summed E-state index contributed by atoms with van der Waals surface area (Å²) in [6.45, 7) is 5.96. The van der Waals surface area contributed by atoms with Crippen LogP contribution in [0.1, 0.15) is 35.9 Å². The molecular weight excluding hydrogens is 374 g/mol. The molecule has 0 unspecified atom stereocenters. The van der Waals surface area contributed by atoms with Gasteiger partial charge in [-0.3, -0.25) is 14.6 Å². The average molecular weight is 404 g/mol. The van der Waals surface area contributed by atoms with Crippen molar-refractivity contribution in [2.45, 2.75) is 19.0 Å². The van der Waals surface area contributed by atoms with Crippen LogP contribution < -0.4 is 5.32 Å². The standard InChI is InChI=1S/C25H29N3O2/c1-20(23-13-8-18-30-23)26-24(29)19-27-14-16-28(17-15-27)25(21-9-4-2-5-10-21)22-11-6-3-7-12-22/h2-13,18,20,25H,14-17,19H2,1H3,(H,26,29)/t20-/m0/s1. The van der Waals surface area contributed by atoms with Gasteiger partial charge in [-0.1, -0.05) is 60.7 Å². The van der Waals surface area contributed by atoms with Crippen LogP contribution in [0.5, 0.6) is 0 Å². The highest BCUT2D eigenvalue weighted by Gasteiger charge is 2.27. The summed E-state index contributed by atoms with van der Waals surface area (Å²) in [5, 5.41) is 3.03. The number of nitrogens with zero attached hydrogens (tertiary/aromatic N) is 2. The molecule has 1 aliphatic heterocycles. The van der Waals surface area contributed by atoms with E-state index in [-0.39, 0.29) is 18.0 Å². The summed E-state index contributed by atoms with van der Waals surface area (Å²) < 4.78 is 5.38. The van der Waals surface area contributed by atoms with E-state index in [4.69, 9.17) is 4.42 Å². The Kier molecular flexibility index (Phi) is 6.62. The molecule has 1 aliphatic rings. The van der Waals surface area contributed by atoms with E-state index in [0.717, 1.165) is 31.9 Å². The molecule has 1 saturated heterocycles. The molecule has 3 aromatic rings. The Balaban J connectivity index is 1.36. The van der Waals surface area contributed by atoms with Gasteiger partial charge in [0, 0.05) is 26.2 Å². The molecule has 5 heteroatoms. The number of piperazine rings is 1. The van der Waals surface area contributed by atoms with Gasteiger partial charge >= 0.3 is 0 Å². The summed E-state index contributed by atoms with van der Waals surface area (Å²) in [4.78, 5) is 17.2. The van der Waals surface area contributed by atoms with E-state index in [9.17, 15) is 4.79 Å². The van der Waals surface area contributed by atoms with Gasteiger partial charge in [-0.25, -0.2) is 0 Å². The van der Waals surface area contributed by atoms with Gasteiger partial charge in [-0.05, 0) is 30.2 Å². The summed E-state index contributed by atoms with van der Waals surface area (Å²) in [5.41, 5.74) is 2.62. The number of amides is 1. The monoisotopic (exact) mass is 403 g/mol. The van der Waals surface area contributed by atoms with E-state index < -0.39 is 0 Å². The number of furan rings is 1. The highest BCUT2D eigenvalue weighted by molar-refractivity contribution is 5.78. The first-order valence-corrected chi connectivity index (χ1v) is 10.6. The van der Waals surface area contributed by atoms with Gasteiger partial charge in [-0.2, -0.15) is 0 Å². The van der Waals surface area contributed by atoms with Crippen molar-refractivity contribution in [3.05, 3.63) is 95.9 Å². The van der Waals surface area contributed by atoms with Gasteiger partial charge in [0.25, 0.3) is 0 Å². The molecule has 0 bridgehead atoms. The van der Waals surface area contributed by atoms with Crippen molar-refractivity contribution < 1.29 is 9.21 Å². The molecule has 1 fully saturated rings. The lowest BCUT2D eigenvalue weighted by Gasteiger charge is -2.39. The maximum absolute atomic E-state index is 12.5. The Morgan fingerprint density at radius 2 is 1.50 bits per heavy atom. The zero-order valence-electron chi connectivity index (χ0n) is 17.4. The second-order valence-corrected chi connectivity index (χ2v) is 7.84. The third-order valence-electron chi connectivity index (χ3n) is 5.72. The third-order valence-corrected chi connectivity index (χ3v) is 5.72. The Labute approximate surface area is 178 Å². The molecule has 1 amide bonds. The fourth-order valence-electron chi connectivity index (χ4n) is 4.16. The molecule has 2 aromatic carbocycles. The highest BCUT2D eigenvalue weighted by atomic mass is 16.3.